The molecule has 1 saturated heterocycles. The van der Waals surface area contributed by atoms with Gasteiger partial charge in [-0.2, -0.15) is 0 Å². The Hall–Kier alpha value is -2.62. The molecule has 1 fully saturated rings. The van der Waals surface area contributed by atoms with Crippen molar-refractivity contribution in [3.63, 3.8) is 0 Å². The van der Waals surface area contributed by atoms with Crippen molar-refractivity contribution in [1.29, 1.82) is 0 Å². The molecule has 0 aromatic heterocycles. The van der Waals surface area contributed by atoms with Crippen molar-refractivity contribution in [1.82, 2.24) is 4.90 Å². The highest BCUT2D eigenvalue weighted by Gasteiger charge is 2.24. The lowest BCUT2D eigenvalue weighted by atomic mass is 10.0. The van der Waals surface area contributed by atoms with Crippen molar-refractivity contribution in [2.75, 3.05) is 13.1 Å². The highest BCUT2D eigenvalue weighted by Crippen LogP contribution is 2.18. The zero-order valence-corrected chi connectivity index (χ0v) is 13.8. The first kappa shape index (κ1) is 16.2. The van der Waals surface area contributed by atoms with Gasteiger partial charge in [-0.25, -0.2) is 0 Å². The van der Waals surface area contributed by atoms with E-state index in [4.69, 9.17) is 4.74 Å². The van der Waals surface area contributed by atoms with E-state index < -0.39 is 6.10 Å². The Balaban J connectivity index is 1.64. The largest absolute Gasteiger partial charge is 0.481 e. The van der Waals surface area contributed by atoms with Crippen molar-refractivity contribution in [3.05, 3.63) is 65.7 Å². The van der Waals surface area contributed by atoms with E-state index in [2.05, 4.69) is 0 Å². The first-order valence-electron chi connectivity index (χ1n) is 8.30. The fourth-order valence-electron chi connectivity index (χ4n) is 2.89. The monoisotopic (exact) mass is 323 g/mol. The molecule has 3 rings (SSSR count). The molecule has 1 amide bonds. The average Bonchev–Trinajstić information content (AvgIpc) is 3.16. The summed E-state index contributed by atoms with van der Waals surface area (Å²) in [5, 5.41) is 0. The Kier molecular flexibility index (Phi) is 4.94. The van der Waals surface area contributed by atoms with Gasteiger partial charge >= 0.3 is 0 Å². The van der Waals surface area contributed by atoms with E-state index >= 15 is 0 Å². The molecule has 1 aliphatic heterocycles. The molecule has 2 aromatic rings. The highest BCUT2D eigenvalue weighted by atomic mass is 16.5. The lowest BCUT2D eigenvalue weighted by Gasteiger charge is -2.21. The summed E-state index contributed by atoms with van der Waals surface area (Å²) in [4.78, 5) is 26.5. The normalized spacial score (nSPS) is 15.1. The number of rotatable bonds is 5. The molecule has 1 atom stereocenters. The summed E-state index contributed by atoms with van der Waals surface area (Å²) in [6.07, 6.45) is 1.61. The van der Waals surface area contributed by atoms with Gasteiger partial charge in [0.2, 0.25) is 0 Å². The molecule has 0 N–H and O–H groups in total. The lowest BCUT2D eigenvalue weighted by Crippen LogP contribution is -2.38. The van der Waals surface area contributed by atoms with Gasteiger partial charge < -0.3 is 9.64 Å². The molecule has 124 valence electrons. The van der Waals surface area contributed by atoms with Crippen LogP contribution in [0.5, 0.6) is 5.75 Å². The zero-order chi connectivity index (χ0) is 16.9. The van der Waals surface area contributed by atoms with Gasteiger partial charge in [0.05, 0.1) is 0 Å². The topological polar surface area (TPSA) is 46.6 Å². The van der Waals surface area contributed by atoms with Crippen molar-refractivity contribution in [3.8, 4) is 5.75 Å². The number of hydrogen-bond acceptors (Lipinski definition) is 3. The summed E-state index contributed by atoms with van der Waals surface area (Å²) >= 11 is 0. The number of nitrogens with zero attached hydrogens (tertiary/aromatic N) is 1. The highest BCUT2D eigenvalue weighted by molar-refractivity contribution is 6.08. The number of likely N-dealkylation sites (tertiary alicyclic amines) is 1. The van der Waals surface area contributed by atoms with Crippen LogP contribution in [0.1, 0.15) is 35.7 Å². The molecule has 1 heterocycles. The first-order valence-corrected chi connectivity index (χ1v) is 8.30. The molecular weight excluding hydrogens is 302 g/mol. The number of carbonyl (C=O) groups is 2. The van der Waals surface area contributed by atoms with E-state index in [0.717, 1.165) is 25.9 Å². The smallest absolute Gasteiger partial charge is 0.263 e. The predicted molar refractivity (Wildman–Crippen MR) is 92.2 cm³/mol. The fraction of sp³-hybridized carbons (Fsp3) is 0.300. The van der Waals surface area contributed by atoms with Gasteiger partial charge in [-0.3, -0.25) is 9.59 Å². The quantitative estimate of drug-likeness (QED) is 0.793. The maximum absolute atomic E-state index is 12.4. The zero-order valence-electron chi connectivity index (χ0n) is 13.8. The SMILES string of the molecule is CC(Oc1ccc(C(=O)c2ccccc2)cc1)C(=O)N1CCCC1. The van der Waals surface area contributed by atoms with Gasteiger partial charge in [-0.05, 0) is 44.0 Å². The Morgan fingerprint density at radius 2 is 1.50 bits per heavy atom. The summed E-state index contributed by atoms with van der Waals surface area (Å²) in [6.45, 7) is 3.40. The summed E-state index contributed by atoms with van der Waals surface area (Å²) in [5.74, 6) is 0.597. The van der Waals surface area contributed by atoms with Crippen LogP contribution < -0.4 is 4.74 Å². The second kappa shape index (κ2) is 7.30. The molecule has 0 aliphatic carbocycles. The van der Waals surface area contributed by atoms with E-state index in [1.807, 2.05) is 23.1 Å². The molecule has 2 aromatic carbocycles. The summed E-state index contributed by atoms with van der Waals surface area (Å²) in [5.41, 5.74) is 1.26. The van der Waals surface area contributed by atoms with Gasteiger partial charge in [0, 0.05) is 24.2 Å². The fourth-order valence-corrected chi connectivity index (χ4v) is 2.89. The third kappa shape index (κ3) is 3.65. The van der Waals surface area contributed by atoms with E-state index in [1.54, 1.807) is 43.3 Å². The number of hydrogen-bond donors (Lipinski definition) is 0. The molecule has 0 spiro atoms. The van der Waals surface area contributed by atoms with Crippen LogP contribution in [0.3, 0.4) is 0 Å². The second-order valence-electron chi connectivity index (χ2n) is 6.01. The maximum atomic E-state index is 12.4. The lowest BCUT2D eigenvalue weighted by molar-refractivity contribution is -0.136. The minimum atomic E-state index is -0.515. The molecule has 4 nitrogen and oxygen atoms in total. The molecule has 24 heavy (non-hydrogen) atoms. The van der Waals surface area contributed by atoms with Crippen molar-refractivity contribution in [2.24, 2.45) is 0 Å². The standard InChI is InChI=1S/C20H21NO3/c1-15(20(23)21-13-5-6-14-21)24-18-11-9-17(10-12-18)19(22)16-7-3-2-4-8-16/h2-4,7-12,15H,5-6,13-14H2,1H3. The molecular formula is C20H21NO3. The van der Waals surface area contributed by atoms with Crippen LogP contribution in [0.2, 0.25) is 0 Å². The van der Waals surface area contributed by atoms with Crippen molar-refractivity contribution >= 4 is 11.7 Å². The molecule has 4 heteroatoms. The van der Waals surface area contributed by atoms with Crippen LogP contribution in [0.4, 0.5) is 0 Å². The molecule has 0 radical (unpaired) electrons. The average molecular weight is 323 g/mol. The van der Waals surface area contributed by atoms with Gasteiger partial charge in [-0.1, -0.05) is 30.3 Å². The third-order valence-corrected chi connectivity index (χ3v) is 4.23. The number of ketones is 1. The van der Waals surface area contributed by atoms with Crippen LogP contribution in [-0.2, 0) is 4.79 Å². The molecule has 1 aliphatic rings. The van der Waals surface area contributed by atoms with E-state index in [-0.39, 0.29) is 11.7 Å². The molecule has 0 saturated carbocycles. The maximum Gasteiger partial charge on any atom is 0.263 e. The Bertz CT molecular complexity index is 703. The minimum Gasteiger partial charge on any atom is -0.481 e. The van der Waals surface area contributed by atoms with E-state index in [1.165, 1.54) is 0 Å². The molecule has 1 unspecified atom stereocenters. The van der Waals surface area contributed by atoms with Crippen LogP contribution >= 0.6 is 0 Å². The van der Waals surface area contributed by atoms with E-state index in [0.29, 0.717) is 16.9 Å². The van der Waals surface area contributed by atoms with Gasteiger partial charge in [0.1, 0.15) is 5.75 Å². The van der Waals surface area contributed by atoms with Crippen LogP contribution in [0, 0.1) is 0 Å². The Morgan fingerprint density at radius 1 is 0.917 bits per heavy atom. The van der Waals surface area contributed by atoms with Crippen LogP contribution in [-0.4, -0.2) is 35.8 Å². The summed E-state index contributed by atoms with van der Waals surface area (Å²) in [6, 6.07) is 16.1. The number of ether oxygens (including phenoxy) is 1. The van der Waals surface area contributed by atoms with Gasteiger partial charge in [0.15, 0.2) is 11.9 Å². The third-order valence-electron chi connectivity index (χ3n) is 4.23. The number of amides is 1. The number of benzene rings is 2. The Labute approximate surface area is 142 Å². The van der Waals surface area contributed by atoms with Crippen LogP contribution in [0.15, 0.2) is 54.6 Å². The second-order valence-corrected chi connectivity index (χ2v) is 6.01. The summed E-state index contributed by atoms with van der Waals surface area (Å²) in [7, 11) is 0. The molecule has 0 bridgehead atoms. The minimum absolute atomic E-state index is 0.0247. The summed E-state index contributed by atoms with van der Waals surface area (Å²) < 4.78 is 5.73. The predicted octanol–water partition coefficient (Wildman–Crippen LogP) is 3.31. The van der Waals surface area contributed by atoms with Gasteiger partial charge in [0.25, 0.3) is 5.91 Å². The van der Waals surface area contributed by atoms with Crippen molar-refractivity contribution < 1.29 is 14.3 Å². The van der Waals surface area contributed by atoms with Crippen LogP contribution in [0.25, 0.3) is 0 Å². The first-order chi connectivity index (χ1) is 11.6. The van der Waals surface area contributed by atoms with Gasteiger partial charge in [-0.15, -0.1) is 0 Å². The number of carbonyl (C=O) groups excluding carboxylic acids is 2. The van der Waals surface area contributed by atoms with E-state index in [9.17, 15) is 9.59 Å². The van der Waals surface area contributed by atoms with Crippen molar-refractivity contribution in [2.45, 2.75) is 25.9 Å². The Morgan fingerprint density at radius 3 is 2.12 bits per heavy atom.